The van der Waals surface area contributed by atoms with Crippen molar-refractivity contribution in [1.29, 1.82) is 0 Å². The minimum absolute atomic E-state index is 0.267. The Morgan fingerprint density at radius 1 is 1.38 bits per heavy atom. The molecule has 0 aromatic carbocycles. The highest BCUT2D eigenvalue weighted by atomic mass is 19.1. The van der Waals surface area contributed by atoms with Gasteiger partial charge in [0.2, 0.25) is 0 Å². The van der Waals surface area contributed by atoms with Gasteiger partial charge in [-0.15, -0.1) is 0 Å². The van der Waals surface area contributed by atoms with Crippen molar-refractivity contribution in [2.24, 2.45) is 5.41 Å². The largest absolute Gasteiger partial charge is 0.480 e. The average molecular weight is 190 g/mol. The summed E-state index contributed by atoms with van der Waals surface area (Å²) in [5.41, 5.74) is -3.56. The van der Waals surface area contributed by atoms with Crippen LogP contribution in [0.25, 0.3) is 0 Å². The molecule has 2 N–H and O–H groups in total. The van der Waals surface area contributed by atoms with Crippen molar-refractivity contribution in [3.8, 4) is 0 Å². The van der Waals surface area contributed by atoms with Crippen LogP contribution in [0.4, 0.5) is 4.39 Å². The number of aliphatic carboxylic acids is 2. The molecule has 13 heavy (non-hydrogen) atoms. The van der Waals surface area contributed by atoms with E-state index in [1.165, 1.54) is 0 Å². The first kappa shape index (κ1) is 9.95. The predicted octanol–water partition coefficient (Wildman–Crippen LogP) is 1.05. The second-order valence-corrected chi connectivity index (χ2v) is 3.77. The van der Waals surface area contributed by atoms with E-state index in [-0.39, 0.29) is 12.8 Å². The molecule has 74 valence electrons. The molecular weight excluding hydrogens is 179 g/mol. The number of hydrogen-bond acceptors (Lipinski definition) is 2. The molecule has 0 unspecified atom stereocenters. The molecule has 1 saturated carbocycles. The second kappa shape index (κ2) is 2.68. The highest BCUT2D eigenvalue weighted by Gasteiger charge is 2.54. The van der Waals surface area contributed by atoms with Gasteiger partial charge >= 0.3 is 11.9 Å². The van der Waals surface area contributed by atoms with E-state index in [9.17, 15) is 14.0 Å². The van der Waals surface area contributed by atoms with Crippen LogP contribution in [-0.4, -0.2) is 27.8 Å². The summed E-state index contributed by atoms with van der Waals surface area (Å²) in [6.07, 6.45) is 0.0942. The first-order chi connectivity index (χ1) is 5.80. The highest BCUT2D eigenvalue weighted by Crippen LogP contribution is 2.48. The highest BCUT2D eigenvalue weighted by molar-refractivity contribution is 5.97. The lowest BCUT2D eigenvalue weighted by Crippen LogP contribution is -2.39. The first-order valence-corrected chi connectivity index (χ1v) is 3.96. The number of rotatable bonds is 4. The molecule has 0 radical (unpaired) electrons. The van der Waals surface area contributed by atoms with Gasteiger partial charge in [-0.25, -0.2) is 4.39 Å². The van der Waals surface area contributed by atoms with Gasteiger partial charge in [0.25, 0.3) is 0 Å². The van der Waals surface area contributed by atoms with Gasteiger partial charge in [0.05, 0.1) is 0 Å². The maximum atomic E-state index is 13.2. The normalized spacial score (nSPS) is 19.5. The van der Waals surface area contributed by atoms with Crippen LogP contribution in [0.5, 0.6) is 0 Å². The van der Waals surface area contributed by atoms with Crippen LogP contribution in [0.1, 0.15) is 26.2 Å². The maximum Gasteiger partial charge on any atom is 0.320 e. The number of alkyl halides is 1. The summed E-state index contributed by atoms with van der Waals surface area (Å²) in [5.74, 6) is -2.96. The zero-order valence-corrected chi connectivity index (χ0v) is 7.21. The van der Waals surface area contributed by atoms with Gasteiger partial charge in [-0.05, 0) is 19.8 Å². The average Bonchev–Trinajstić information content (AvgIpc) is 2.66. The molecule has 0 heterocycles. The van der Waals surface area contributed by atoms with E-state index in [1.54, 1.807) is 0 Å². The van der Waals surface area contributed by atoms with Crippen molar-refractivity contribution >= 4 is 11.9 Å². The number of carboxylic acids is 2. The summed E-state index contributed by atoms with van der Waals surface area (Å²) >= 11 is 0. The van der Waals surface area contributed by atoms with Crippen LogP contribution in [0.3, 0.4) is 0 Å². The lowest BCUT2D eigenvalue weighted by Gasteiger charge is -2.21. The van der Waals surface area contributed by atoms with Crippen molar-refractivity contribution in [1.82, 2.24) is 0 Å². The SMILES string of the molecule is CC(CC1(F)CC1)(C(=O)O)C(=O)O. The Hall–Kier alpha value is -1.13. The summed E-state index contributed by atoms with van der Waals surface area (Å²) in [4.78, 5) is 21.2. The fourth-order valence-corrected chi connectivity index (χ4v) is 1.19. The number of carboxylic acid groups (broad SMARTS) is 2. The van der Waals surface area contributed by atoms with Crippen molar-refractivity contribution in [3.05, 3.63) is 0 Å². The Morgan fingerprint density at radius 2 is 1.77 bits per heavy atom. The van der Waals surface area contributed by atoms with E-state index in [2.05, 4.69) is 0 Å². The zero-order valence-electron chi connectivity index (χ0n) is 7.21. The minimum atomic E-state index is -1.99. The van der Waals surface area contributed by atoms with Crippen molar-refractivity contribution in [3.63, 3.8) is 0 Å². The number of carbonyl (C=O) groups is 2. The minimum Gasteiger partial charge on any atom is -0.480 e. The molecule has 0 amide bonds. The van der Waals surface area contributed by atoms with Gasteiger partial charge in [0.15, 0.2) is 5.41 Å². The summed E-state index contributed by atoms with van der Waals surface area (Å²) < 4.78 is 13.2. The Morgan fingerprint density at radius 3 is 2.00 bits per heavy atom. The van der Waals surface area contributed by atoms with Gasteiger partial charge in [-0.3, -0.25) is 9.59 Å². The molecule has 0 bridgehead atoms. The van der Waals surface area contributed by atoms with Crippen molar-refractivity contribution in [2.45, 2.75) is 31.9 Å². The van der Waals surface area contributed by atoms with E-state index in [4.69, 9.17) is 10.2 Å². The summed E-state index contributed by atoms with van der Waals surface area (Å²) in [7, 11) is 0. The van der Waals surface area contributed by atoms with Crippen molar-refractivity contribution in [2.75, 3.05) is 0 Å². The van der Waals surface area contributed by atoms with E-state index in [0.717, 1.165) is 6.92 Å². The van der Waals surface area contributed by atoms with Crippen LogP contribution in [0, 0.1) is 5.41 Å². The third kappa shape index (κ3) is 1.79. The molecule has 0 aromatic heterocycles. The Kier molecular flexibility index (Phi) is 2.05. The van der Waals surface area contributed by atoms with Gasteiger partial charge in [-0.1, -0.05) is 0 Å². The van der Waals surface area contributed by atoms with Gasteiger partial charge in [0.1, 0.15) is 5.67 Å². The van der Waals surface area contributed by atoms with E-state index in [1.807, 2.05) is 0 Å². The van der Waals surface area contributed by atoms with Crippen LogP contribution in [0.15, 0.2) is 0 Å². The lowest BCUT2D eigenvalue weighted by molar-refractivity contribution is -0.165. The predicted molar refractivity (Wildman–Crippen MR) is 41.1 cm³/mol. The number of halogens is 1. The zero-order chi connectivity index (χ0) is 10.3. The van der Waals surface area contributed by atoms with E-state index < -0.39 is 29.4 Å². The van der Waals surface area contributed by atoms with Crippen molar-refractivity contribution < 1.29 is 24.2 Å². The van der Waals surface area contributed by atoms with Crippen LogP contribution < -0.4 is 0 Å². The molecule has 1 fully saturated rings. The molecule has 1 rings (SSSR count). The molecule has 0 atom stereocenters. The Balaban J connectivity index is 2.79. The Bertz CT molecular complexity index is 243. The smallest absolute Gasteiger partial charge is 0.320 e. The third-order valence-electron chi connectivity index (χ3n) is 2.41. The van der Waals surface area contributed by atoms with E-state index >= 15 is 0 Å². The summed E-state index contributed by atoms with van der Waals surface area (Å²) in [5, 5.41) is 17.3. The van der Waals surface area contributed by atoms with Gasteiger partial charge in [-0.2, -0.15) is 0 Å². The fraction of sp³-hybridized carbons (Fsp3) is 0.750. The molecule has 4 nitrogen and oxygen atoms in total. The summed E-state index contributed by atoms with van der Waals surface area (Å²) in [6, 6.07) is 0. The fourth-order valence-electron chi connectivity index (χ4n) is 1.19. The third-order valence-corrected chi connectivity index (χ3v) is 2.41. The topological polar surface area (TPSA) is 74.6 Å². The van der Waals surface area contributed by atoms with Gasteiger partial charge < -0.3 is 10.2 Å². The van der Waals surface area contributed by atoms with E-state index in [0.29, 0.717) is 0 Å². The van der Waals surface area contributed by atoms with Crippen LogP contribution >= 0.6 is 0 Å². The number of hydrogen-bond donors (Lipinski definition) is 2. The molecule has 0 aromatic rings. The quantitative estimate of drug-likeness (QED) is 0.650. The van der Waals surface area contributed by atoms with Gasteiger partial charge in [0, 0.05) is 6.42 Å². The Labute approximate surface area is 74.4 Å². The molecule has 0 spiro atoms. The van der Waals surface area contributed by atoms with Crippen LogP contribution in [0.2, 0.25) is 0 Å². The first-order valence-electron chi connectivity index (χ1n) is 3.96. The molecule has 5 heteroatoms. The molecule has 1 aliphatic rings. The second-order valence-electron chi connectivity index (χ2n) is 3.77. The maximum absolute atomic E-state index is 13.2. The molecular formula is C8H11FO4. The lowest BCUT2D eigenvalue weighted by atomic mass is 9.84. The summed E-state index contributed by atoms with van der Waals surface area (Å²) in [6.45, 7) is 1.04. The molecule has 0 aliphatic heterocycles. The van der Waals surface area contributed by atoms with Crippen LogP contribution in [-0.2, 0) is 9.59 Å². The standard InChI is InChI=1S/C8H11FO4/c1-7(5(10)11,6(12)13)4-8(9)2-3-8/h2-4H2,1H3,(H,10,11)(H,12,13). The molecule has 1 aliphatic carbocycles. The monoisotopic (exact) mass is 190 g/mol. The molecule has 0 saturated heterocycles.